The molecule has 1 heterocycles. The molecule has 0 atom stereocenters. The van der Waals surface area contributed by atoms with Crippen LogP contribution in [0.3, 0.4) is 0 Å². The van der Waals surface area contributed by atoms with Crippen molar-refractivity contribution < 1.29 is 9.90 Å². The van der Waals surface area contributed by atoms with Gasteiger partial charge in [-0.05, 0) is 24.6 Å². The number of hydrogen-bond donors (Lipinski definition) is 0. The summed E-state index contributed by atoms with van der Waals surface area (Å²) in [5, 5.41) is 12.2. The zero-order chi connectivity index (χ0) is 12.7. The second-order valence-corrected chi connectivity index (χ2v) is 4.24. The highest BCUT2D eigenvalue weighted by Gasteiger charge is 2.25. The monoisotopic (exact) mass is 236 g/mol. The average molecular weight is 236 g/mol. The average Bonchev–Trinajstić information content (AvgIpc) is 2.63. The molecule has 0 saturated carbocycles. The molecule has 3 rings (SSSR count). The van der Waals surface area contributed by atoms with E-state index in [1.54, 1.807) is 36.4 Å². The summed E-state index contributed by atoms with van der Waals surface area (Å²) in [7, 11) is 0. The zero-order valence-electron chi connectivity index (χ0n) is 9.81. The van der Waals surface area contributed by atoms with Gasteiger partial charge in [-0.2, -0.15) is 0 Å². The lowest BCUT2D eigenvalue weighted by molar-refractivity contribution is -0.242. The summed E-state index contributed by atoms with van der Waals surface area (Å²) >= 11 is 0. The van der Waals surface area contributed by atoms with Crippen LogP contribution < -0.4 is 5.11 Å². The van der Waals surface area contributed by atoms with E-state index in [0.29, 0.717) is 16.8 Å². The smallest absolute Gasteiger partial charge is 0.195 e. The Kier molecular flexibility index (Phi) is 2.27. The number of carbonyl (C=O) groups is 1. The lowest BCUT2D eigenvalue weighted by Gasteiger charge is -2.11. The van der Waals surface area contributed by atoms with Crippen LogP contribution in [0.2, 0.25) is 0 Å². The van der Waals surface area contributed by atoms with E-state index in [9.17, 15) is 9.90 Å². The van der Waals surface area contributed by atoms with Gasteiger partial charge in [0.15, 0.2) is 5.78 Å². The van der Waals surface area contributed by atoms with E-state index in [1.165, 1.54) is 0 Å². The molecule has 1 aromatic heterocycles. The van der Waals surface area contributed by atoms with Crippen molar-refractivity contribution in [1.82, 2.24) is 4.98 Å². The molecule has 2 aromatic rings. The third kappa shape index (κ3) is 1.44. The first-order valence-corrected chi connectivity index (χ1v) is 5.68. The number of aromatic nitrogens is 1. The number of allylic oxidation sites excluding steroid dienone is 1. The van der Waals surface area contributed by atoms with Gasteiger partial charge < -0.3 is 5.11 Å². The van der Waals surface area contributed by atoms with Crippen LogP contribution in [-0.2, 0) is 0 Å². The fraction of sp³-hybridized carbons (Fsp3) is 0.0667. The second-order valence-electron chi connectivity index (χ2n) is 4.24. The molecule has 0 unspecified atom stereocenters. The Labute approximate surface area is 104 Å². The first-order valence-electron chi connectivity index (χ1n) is 5.68. The molecule has 0 saturated heterocycles. The number of rotatable bonds is 1. The van der Waals surface area contributed by atoms with Crippen molar-refractivity contribution >= 4 is 17.1 Å². The van der Waals surface area contributed by atoms with Crippen LogP contribution >= 0.6 is 0 Å². The van der Waals surface area contributed by atoms with Gasteiger partial charge in [0.05, 0.1) is 5.69 Å². The molecule has 0 N–H and O–H groups in total. The number of Topliss-reactive ketones (excluding diaryl/α,β-unsaturated/α-hetero) is 1. The van der Waals surface area contributed by atoms with Crippen molar-refractivity contribution in [1.29, 1.82) is 0 Å². The van der Waals surface area contributed by atoms with E-state index in [0.717, 1.165) is 5.69 Å². The molecule has 0 bridgehead atoms. The minimum absolute atomic E-state index is 0.180. The van der Waals surface area contributed by atoms with E-state index >= 15 is 0 Å². The van der Waals surface area contributed by atoms with Gasteiger partial charge in [0.2, 0.25) is 0 Å². The molecule has 88 valence electrons. The quantitative estimate of drug-likeness (QED) is 0.758. The molecule has 1 aliphatic rings. The van der Waals surface area contributed by atoms with Crippen LogP contribution in [0.4, 0.5) is 0 Å². The first-order chi connectivity index (χ1) is 8.68. The highest BCUT2D eigenvalue weighted by atomic mass is 16.3. The molecule has 0 fully saturated rings. The molecule has 18 heavy (non-hydrogen) atoms. The van der Waals surface area contributed by atoms with Gasteiger partial charge in [0, 0.05) is 16.8 Å². The van der Waals surface area contributed by atoms with E-state index in [4.69, 9.17) is 0 Å². The molecule has 0 aliphatic heterocycles. The summed E-state index contributed by atoms with van der Waals surface area (Å²) in [5.41, 5.74) is 2.37. The van der Waals surface area contributed by atoms with Crippen molar-refractivity contribution in [3.05, 3.63) is 65.0 Å². The summed E-state index contributed by atoms with van der Waals surface area (Å²) in [5.74, 6) is -0.456. The Balaban J connectivity index is 2.21. The van der Waals surface area contributed by atoms with Gasteiger partial charge >= 0.3 is 0 Å². The van der Waals surface area contributed by atoms with Crippen molar-refractivity contribution in [2.24, 2.45) is 0 Å². The standard InChI is InChI=1S/C15H11NO2/c1-9-5-4-8-12(16-9)13-14(17)10-6-2-3-7-11(10)15(13)18/h2-8,17H,1H3/p-1. The van der Waals surface area contributed by atoms with Gasteiger partial charge in [-0.15, -0.1) is 0 Å². The fourth-order valence-corrected chi connectivity index (χ4v) is 2.17. The topological polar surface area (TPSA) is 53.0 Å². The predicted octanol–water partition coefficient (Wildman–Crippen LogP) is 1.81. The third-order valence-electron chi connectivity index (χ3n) is 3.01. The lowest BCUT2D eigenvalue weighted by Crippen LogP contribution is -2.05. The van der Waals surface area contributed by atoms with Crippen LogP contribution in [0.15, 0.2) is 42.5 Å². The number of pyridine rings is 1. The van der Waals surface area contributed by atoms with Gasteiger partial charge in [0.25, 0.3) is 0 Å². The maximum Gasteiger partial charge on any atom is 0.195 e. The van der Waals surface area contributed by atoms with Crippen molar-refractivity contribution in [2.45, 2.75) is 6.92 Å². The van der Waals surface area contributed by atoms with Gasteiger partial charge in [0.1, 0.15) is 0 Å². The van der Waals surface area contributed by atoms with Gasteiger partial charge in [-0.1, -0.05) is 36.1 Å². The molecular formula is C15H10NO2-. The normalized spacial score (nSPS) is 13.9. The summed E-state index contributed by atoms with van der Waals surface area (Å²) in [6.45, 7) is 1.83. The molecule has 0 radical (unpaired) electrons. The predicted molar refractivity (Wildman–Crippen MR) is 66.6 cm³/mol. The number of aryl methyl sites for hydroxylation is 1. The minimum atomic E-state index is -0.228. The highest BCUT2D eigenvalue weighted by Crippen LogP contribution is 2.34. The summed E-state index contributed by atoms with van der Waals surface area (Å²) in [6, 6.07) is 12.2. The van der Waals surface area contributed by atoms with Crippen LogP contribution in [0, 0.1) is 6.92 Å². The second kappa shape index (κ2) is 3.81. The molecule has 3 heteroatoms. The van der Waals surface area contributed by atoms with E-state index in [2.05, 4.69) is 4.98 Å². The lowest BCUT2D eigenvalue weighted by atomic mass is 10.1. The summed E-state index contributed by atoms with van der Waals surface area (Å²) < 4.78 is 0. The molecule has 0 amide bonds. The van der Waals surface area contributed by atoms with Crippen LogP contribution in [0.1, 0.15) is 27.3 Å². The Morgan fingerprint density at radius 2 is 1.72 bits per heavy atom. The number of benzene rings is 1. The number of ketones is 1. The van der Waals surface area contributed by atoms with Gasteiger partial charge in [-0.3, -0.25) is 9.78 Å². The highest BCUT2D eigenvalue weighted by molar-refractivity contribution is 6.38. The number of carbonyl (C=O) groups excluding carboxylic acids is 1. The number of fused-ring (bicyclic) bond motifs is 1. The van der Waals surface area contributed by atoms with E-state index in [1.807, 2.05) is 13.0 Å². The van der Waals surface area contributed by atoms with Crippen molar-refractivity contribution in [3.63, 3.8) is 0 Å². The molecule has 0 spiro atoms. The van der Waals surface area contributed by atoms with Gasteiger partial charge in [-0.25, -0.2) is 0 Å². The molecule has 1 aromatic carbocycles. The molecule has 1 aliphatic carbocycles. The third-order valence-corrected chi connectivity index (χ3v) is 3.01. The Morgan fingerprint density at radius 3 is 2.39 bits per heavy atom. The summed E-state index contributed by atoms with van der Waals surface area (Å²) in [4.78, 5) is 16.5. The number of hydrogen-bond acceptors (Lipinski definition) is 3. The Hall–Kier alpha value is -2.42. The molecular weight excluding hydrogens is 226 g/mol. The minimum Gasteiger partial charge on any atom is -0.871 e. The van der Waals surface area contributed by atoms with Crippen LogP contribution in [-0.4, -0.2) is 10.8 Å². The van der Waals surface area contributed by atoms with Crippen LogP contribution in [0.25, 0.3) is 11.3 Å². The van der Waals surface area contributed by atoms with E-state index in [-0.39, 0.29) is 17.1 Å². The SMILES string of the molecule is Cc1cccc(C2=C([O-])c3ccccc3C2=O)n1. The Morgan fingerprint density at radius 1 is 1.00 bits per heavy atom. The van der Waals surface area contributed by atoms with Crippen LogP contribution in [0.5, 0.6) is 0 Å². The largest absolute Gasteiger partial charge is 0.871 e. The number of nitrogens with zero attached hydrogens (tertiary/aromatic N) is 1. The van der Waals surface area contributed by atoms with E-state index < -0.39 is 0 Å². The summed E-state index contributed by atoms with van der Waals surface area (Å²) in [6.07, 6.45) is 0. The first kappa shape index (κ1) is 10.7. The van der Waals surface area contributed by atoms with Crippen molar-refractivity contribution in [2.75, 3.05) is 0 Å². The zero-order valence-corrected chi connectivity index (χ0v) is 9.81. The molecule has 3 nitrogen and oxygen atoms in total. The fourth-order valence-electron chi connectivity index (χ4n) is 2.17. The Bertz CT molecular complexity index is 686. The van der Waals surface area contributed by atoms with Crippen molar-refractivity contribution in [3.8, 4) is 0 Å². The maximum absolute atomic E-state index is 12.2. The maximum atomic E-state index is 12.2.